The van der Waals surface area contributed by atoms with Gasteiger partial charge >= 0.3 is 0 Å². The molecule has 0 unspecified atom stereocenters. The molecule has 3 heteroatoms. The van der Waals surface area contributed by atoms with E-state index in [1.807, 2.05) is 0 Å². The van der Waals surface area contributed by atoms with Gasteiger partial charge in [-0.15, -0.1) is 0 Å². The molecule has 0 aromatic heterocycles. The van der Waals surface area contributed by atoms with Crippen molar-refractivity contribution in [1.82, 2.24) is 0 Å². The summed E-state index contributed by atoms with van der Waals surface area (Å²) in [6.07, 6.45) is 10.5. The minimum Gasteiger partial charge on any atom is -0.328 e. The van der Waals surface area contributed by atoms with Crippen molar-refractivity contribution < 1.29 is 21.1 Å². The second-order valence-corrected chi connectivity index (χ2v) is 4.09. The van der Waals surface area contributed by atoms with Gasteiger partial charge < -0.3 is 11.5 Å². The second kappa shape index (κ2) is 7.96. The van der Waals surface area contributed by atoms with Crippen LogP contribution in [0, 0.1) is 0 Å². The van der Waals surface area contributed by atoms with Crippen LogP contribution in [0.1, 0.15) is 51.4 Å². The Hall–Kier alpha value is 0.608. The van der Waals surface area contributed by atoms with E-state index >= 15 is 0 Å². The smallest absolute Gasteiger partial charge is 0.00388 e. The molecule has 0 saturated heterocycles. The van der Waals surface area contributed by atoms with Crippen molar-refractivity contribution >= 4 is 0 Å². The standard InChI is InChI=1S/2C5H11N.Pt/c2*6-5-3-1-2-4-5;/h2*5H,1-4,6H2;. The first-order valence-corrected chi connectivity index (χ1v) is 5.30. The maximum absolute atomic E-state index is 5.53. The van der Waals surface area contributed by atoms with Gasteiger partial charge in [0.1, 0.15) is 0 Å². The van der Waals surface area contributed by atoms with Crippen molar-refractivity contribution in [3.63, 3.8) is 0 Å². The summed E-state index contributed by atoms with van der Waals surface area (Å²) in [5, 5.41) is 0. The SMILES string of the molecule is NC1CCCC1.NC1CCCC1.[Pt]. The fourth-order valence-corrected chi connectivity index (χ4v) is 1.91. The molecule has 0 aromatic carbocycles. The van der Waals surface area contributed by atoms with E-state index in [1.165, 1.54) is 51.4 Å². The monoisotopic (exact) mass is 365 g/mol. The number of hydrogen-bond acceptors (Lipinski definition) is 2. The van der Waals surface area contributed by atoms with Gasteiger partial charge in [-0.05, 0) is 25.7 Å². The summed E-state index contributed by atoms with van der Waals surface area (Å²) in [4.78, 5) is 0. The minimum atomic E-state index is 0. The third-order valence-electron chi connectivity index (χ3n) is 2.80. The molecule has 0 aliphatic heterocycles. The summed E-state index contributed by atoms with van der Waals surface area (Å²) in [7, 11) is 0. The fraction of sp³-hybridized carbons (Fsp3) is 1.00. The van der Waals surface area contributed by atoms with Gasteiger partial charge in [0, 0.05) is 33.1 Å². The van der Waals surface area contributed by atoms with E-state index in [4.69, 9.17) is 11.5 Å². The van der Waals surface area contributed by atoms with E-state index in [9.17, 15) is 0 Å². The molecular formula is C10H22N2Pt. The van der Waals surface area contributed by atoms with Crippen molar-refractivity contribution in [3.8, 4) is 0 Å². The summed E-state index contributed by atoms with van der Waals surface area (Å²) < 4.78 is 0. The molecule has 2 aliphatic rings. The molecule has 2 fully saturated rings. The van der Waals surface area contributed by atoms with Gasteiger partial charge in [0.2, 0.25) is 0 Å². The average molecular weight is 365 g/mol. The Kier molecular flexibility index (Phi) is 8.33. The summed E-state index contributed by atoms with van der Waals surface area (Å²) in [5.41, 5.74) is 11.1. The molecule has 13 heavy (non-hydrogen) atoms. The predicted octanol–water partition coefficient (Wildman–Crippen LogP) is 1.77. The molecular weight excluding hydrogens is 343 g/mol. The van der Waals surface area contributed by atoms with Crippen LogP contribution in [-0.2, 0) is 21.1 Å². The maximum atomic E-state index is 5.53. The topological polar surface area (TPSA) is 52.0 Å². The average Bonchev–Trinajstić information content (AvgIpc) is 2.63. The van der Waals surface area contributed by atoms with Gasteiger partial charge in [0.05, 0.1) is 0 Å². The Labute approximate surface area is 96.1 Å². The Morgan fingerprint density at radius 3 is 0.923 bits per heavy atom. The van der Waals surface area contributed by atoms with E-state index < -0.39 is 0 Å². The van der Waals surface area contributed by atoms with E-state index in [1.54, 1.807) is 0 Å². The summed E-state index contributed by atoms with van der Waals surface area (Å²) in [6, 6.07) is 1.09. The van der Waals surface area contributed by atoms with Crippen LogP contribution in [0.25, 0.3) is 0 Å². The molecule has 0 amide bonds. The van der Waals surface area contributed by atoms with Crippen LogP contribution in [0.15, 0.2) is 0 Å². The molecule has 0 heterocycles. The summed E-state index contributed by atoms with van der Waals surface area (Å²) in [6.45, 7) is 0. The molecule has 0 aromatic rings. The van der Waals surface area contributed by atoms with Crippen molar-refractivity contribution in [1.29, 1.82) is 0 Å². The van der Waals surface area contributed by atoms with Crippen molar-refractivity contribution in [3.05, 3.63) is 0 Å². The second-order valence-electron chi connectivity index (χ2n) is 4.09. The normalized spacial score (nSPS) is 23.5. The first kappa shape index (κ1) is 13.6. The van der Waals surface area contributed by atoms with Crippen LogP contribution in [0.2, 0.25) is 0 Å². The zero-order valence-electron chi connectivity index (χ0n) is 8.28. The molecule has 4 N–H and O–H groups in total. The zero-order valence-corrected chi connectivity index (χ0v) is 10.6. The van der Waals surface area contributed by atoms with Gasteiger partial charge in [-0.25, -0.2) is 0 Å². The Morgan fingerprint density at radius 2 is 0.846 bits per heavy atom. The number of rotatable bonds is 0. The molecule has 0 bridgehead atoms. The third kappa shape index (κ3) is 6.65. The van der Waals surface area contributed by atoms with E-state index in [0.29, 0.717) is 12.1 Å². The Bertz CT molecular complexity index is 93.5. The number of nitrogens with two attached hydrogens (primary N) is 2. The largest absolute Gasteiger partial charge is 0.328 e. The van der Waals surface area contributed by atoms with Crippen LogP contribution in [0.4, 0.5) is 0 Å². The van der Waals surface area contributed by atoms with Gasteiger partial charge in [-0.2, -0.15) is 0 Å². The van der Waals surface area contributed by atoms with E-state index in [2.05, 4.69) is 0 Å². The van der Waals surface area contributed by atoms with Gasteiger partial charge in [0.25, 0.3) is 0 Å². The van der Waals surface area contributed by atoms with Crippen LogP contribution in [0.3, 0.4) is 0 Å². The first-order valence-electron chi connectivity index (χ1n) is 5.30. The van der Waals surface area contributed by atoms with E-state index in [0.717, 1.165) is 0 Å². The van der Waals surface area contributed by atoms with Gasteiger partial charge in [0.15, 0.2) is 0 Å². The fourth-order valence-electron chi connectivity index (χ4n) is 1.91. The third-order valence-corrected chi connectivity index (χ3v) is 2.80. The molecule has 2 nitrogen and oxygen atoms in total. The Balaban J connectivity index is 0.000000206. The molecule has 2 aliphatic carbocycles. The predicted molar refractivity (Wildman–Crippen MR) is 52.9 cm³/mol. The zero-order chi connectivity index (χ0) is 8.81. The maximum Gasteiger partial charge on any atom is 0.00388 e. The van der Waals surface area contributed by atoms with E-state index in [-0.39, 0.29) is 21.1 Å². The molecule has 0 spiro atoms. The minimum absolute atomic E-state index is 0. The van der Waals surface area contributed by atoms with Gasteiger partial charge in [-0.1, -0.05) is 25.7 Å². The molecule has 0 atom stereocenters. The van der Waals surface area contributed by atoms with Crippen LogP contribution < -0.4 is 11.5 Å². The van der Waals surface area contributed by atoms with Crippen molar-refractivity contribution in [2.24, 2.45) is 11.5 Å². The van der Waals surface area contributed by atoms with Crippen LogP contribution >= 0.6 is 0 Å². The quantitative estimate of drug-likeness (QED) is 0.688. The van der Waals surface area contributed by atoms with Crippen LogP contribution in [-0.4, -0.2) is 12.1 Å². The first-order chi connectivity index (χ1) is 5.79. The molecule has 82 valence electrons. The molecule has 0 radical (unpaired) electrons. The summed E-state index contributed by atoms with van der Waals surface area (Å²) in [5.74, 6) is 0. The molecule has 2 rings (SSSR count). The summed E-state index contributed by atoms with van der Waals surface area (Å²) >= 11 is 0. The van der Waals surface area contributed by atoms with Crippen molar-refractivity contribution in [2.75, 3.05) is 0 Å². The number of hydrogen-bond donors (Lipinski definition) is 2. The van der Waals surface area contributed by atoms with Crippen LogP contribution in [0.5, 0.6) is 0 Å². The van der Waals surface area contributed by atoms with Gasteiger partial charge in [-0.3, -0.25) is 0 Å². The molecule has 2 saturated carbocycles. The van der Waals surface area contributed by atoms with Crippen molar-refractivity contribution in [2.45, 2.75) is 63.5 Å². The Morgan fingerprint density at radius 1 is 0.615 bits per heavy atom.